The third-order valence-electron chi connectivity index (χ3n) is 5.12. The summed E-state index contributed by atoms with van der Waals surface area (Å²) < 4.78 is 0. The fourth-order valence-electron chi connectivity index (χ4n) is 3.79. The Morgan fingerprint density at radius 1 is 1.11 bits per heavy atom. The van der Waals surface area contributed by atoms with Gasteiger partial charge in [0.15, 0.2) is 0 Å². The Kier molecular flexibility index (Phi) is 5.46. The van der Waals surface area contributed by atoms with Gasteiger partial charge in [-0.05, 0) is 45.5 Å². The maximum Gasteiger partial charge on any atom is 0.244 e. The number of hydrogen-bond acceptors (Lipinski definition) is 5. The van der Waals surface area contributed by atoms with Crippen LogP contribution in [0.2, 0.25) is 0 Å². The van der Waals surface area contributed by atoms with Crippen molar-refractivity contribution in [3.8, 4) is 0 Å². The van der Waals surface area contributed by atoms with Crippen LogP contribution in [0, 0.1) is 13.8 Å². The van der Waals surface area contributed by atoms with Crippen LogP contribution in [-0.2, 0) is 17.8 Å². The van der Waals surface area contributed by atoms with Crippen LogP contribution in [0.3, 0.4) is 0 Å². The Labute approximate surface area is 161 Å². The standard InChI is InChI=1S/C21H29N5O/c1-14-9-7-8-10-16(14)19(24(3)4)21(27)26-12-11-17-18(13-26)22-15(2)23-20(17)25(5)6/h7-10,19H,11-13H2,1-6H3/t19-/m0/s1. The molecule has 0 saturated heterocycles. The molecule has 6 heteroatoms. The molecule has 144 valence electrons. The smallest absolute Gasteiger partial charge is 0.244 e. The average Bonchev–Trinajstić information content (AvgIpc) is 2.61. The fraction of sp³-hybridized carbons (Fsp3) is 0.476. The van der Waals surface area contributed by atoms with Crippen molar-refractivity contribution in [3.05, 3.63) is 52.5 Å². The number of carbonyl (C=O) groups excluding carboxylic acids is 1. The van der Waals surface area contributed by atoms with Crippen LogP contribution in [0.5, 0.6) is 0 Å². The van der Waals surface area contributed by atoms with Gasteiger partial charge in [-0.2, -0.15) is 0 Å². The normalized spacial score (nSPS) is 14.9. The second-order valence-corrected chi connectivity index (χ2v) is 7.65. The van der Waals surface area contributed by atoms with Gasteiger partial charge in [0.05, 0.1) is 12.2 Å². The number of rotatable bonds is 4. The minimum absolute atomic E-state index is 0.127. The van der Waals surface area contributed by atoms with E-state index < -0.39 is 0 Å². The molecule has 0 aliphatic carbocycles. The maximum absolute atomic E-state index is 13.4. The lowest BCUT2D eigenvalue weighted by molar-refractivity contribution is -0.137. The van der Waals surface area contributed by atoms with Crippen LogP contribution in [0.4, 0.5) is 5.82 Å². The van der Waals surface area contributed by atoms with Crippen LogP contribution in [0.15, 0.2) is 24.3 Å². The molecule has 2 aromatic rings. The first-order valence-electron chi connectivity index (χ1n) is 9.34. The molecule has 1 aromatic heterocycles. The molecule has 1 aromatic carbocycles. The quantitative estimate of drug-likeness (QED) is 0.830. The van der Waals surface area contributed by atoms with Crippen LogP contribution in [0.1, 0.15) is 34.3 Å². The first-order valence-corrected chi connectivity index (χ1v) is 9.34. The molecule has 0 saturated carbocycles. The zero-order chi connectivity index (χ0) is 19.7. The minimum atomic E-state index is -0.288. The molecule has 0 N–H and O–H groups in total. The van der Waals surface area contributed by atoms with Crippen LogP contribution < -0.4 is 4.90 Å². The third-order valence-corrected chi connectivity index (χ3v) is 5.12. The Morgan fingerprint density at radius 3 is 2.44 bits per heavy atom. The highest BCUT2D eigenvalue weighted by Crippen LogP contribution is 2.29. The highest BCUT2D eigenvalue weighted by Gasteiger charge is 2.32. The van der Waals surface area contributed by atoms with Gasteiger partial charge in [-0.15, -0.1) is 0 Å². The van der Waals surface area contributed by atoms with Gasteiger partial charge in [0.2, 0.25) is 5.91 Å². The van der Waals surface area contributed by atoms with Gasteiger partial charge < -0.3 is 9.80 Å². The van der Waals surface area contributed by atoms with Crippen molar-refractivity contribution in [2.24, 2.45) is 0 Å². The summed E-state index contributed by atoms with van der Waals surface area (Å²) in [5.74, 6) is 1.84. The minimum Gasteiger partial charge on any atom is -0.362 e. The van der Waals surface area contributed by atoms with E-state index in [0.29, 0.717) is 13.1 Å². The van der Waals surface area contributed by atoms with Crippen molar-refractivity contribution in [2.75, 3.05) is 39.6 Å². The van der Waals surface area contributed by atoms with Gasteiger partial charge in [0, 0.05) is 26.2 Å². The van der Waals surface area contributed by atoms with E-state index >= 15 is 0 Å². The third kappa shape index (κ3) is 3.81. The number of aromatic nitrogens is 2. The summed E-state index contributed by atoms with van der Waals surface area (Å²) in [5, 5.41) is 0. The predicted octanol–water partition coefficient (Wildman–Crippen LogP) is 2.35. The second-order valence-electron chi connectivity index (χ2n) is 7.65. The monoisotopic (exact) mass is 367 g/mol. The van der Waals surface area contributed by atoms with Crippen molar-refractivity contribution in [1.29, 1.82) is 0 Å². The molecule has 0 bridgehead atoms. The van der Waals surface area contributed by atoms with Crippen molar-refractivity contribution >= 4 is 11.7 Å². The lowest BCUT2D eigenvalue weighted by atomic mass is 9.97. The molecule has 27 heavy (non-hydrogen) atoms. The van der Waals surface area contributed by atoms with E-state index in [4.69, 9.17) is 0 Å². The zero-order valence-electron chi connectivity index (χ0n) is 17.2. The van der Waals surface area contributed by atoms with Gasteiger partial charge in [0.25, 0.3) is 0 Å². The molecule has 6 nitrogen and oxygen atoms in total. The van der Waals surface area contributed by atoms with Crippen molar-refractivity contribution in [1.82, 2.24) is 19.8 Å². The van der Waals surface area contributed by atoms with Crippen molar-refractivity contribution in [2.45, 2.75) is 32.9 Å². The number of nitrogens with zero attached hydrogens (tertiary/aromatic N) is 5. The lowest BCUT2D eigenvalue weighted by Gasteiger charge is -2.35. The van der Waals surface area contributed by atoms with E-state index in [0.717, 1.165) is 40.4 Å². The number of fused-ring (bicyclic) bond motifs is 1. The van der Waals surface area contributed by atoms with E-state index in [1.165, 1.54) is 0 Å². The van der Waals surface area contributed by atoms with Crippen molar-refractivity contribution < 1.29 is 4.79 Å². The second kappa shape index (κ2) is 7.64. The molecule has 1 atom stereocenters. The number of anilines is 1. The summed E-state index contributed by atoms with van der Waals surface area (Å²) in [7, 11) is 7.92. The number of hydrogen-bond donors (Lipinski definition) is 0. The van der Waals surface area contributed by atoms with Gasteiger partial charge >= 0.3 is 0 Å². The molecule has 1 aliphatic rings. The summed E-state index contributed by atoms with van der Waals surface area (Å²) in [5.41, 5.74) is 4.32. The van der Waals surface area contributed by atoms with E-state index in [1.54, 1.807) is 0 Å². The number of likely N-dealkylation sites (N-methyl/N-ethyl adjacent to an activating group) is 1. The molecule has 3 rings (SSSR count). The molecule has 1 aliphatic heterocycles. The van der Waals surface area contributed by atoms with E-state index in [-0.39, 0.29) is 11.9 Å². The van der Waals surface area contributed by atoms with Gasteiger partial charge in [-0.3, -0.25) is 9.69 Å². The first-order chi connectivity index (χ1) is 12.8. The molecule has 0 fully saturated rings. The van der Waals surface area contributed by atoms with Crippen LogP contribution in [0.25, 0.3) is 0 Å². The summed E-state index contributed by atoms with van der Waals surface area (Å²) in [4.78, 5) is 28.6. The van der Waals surface area contributed by atoms with E-state index in [2.05, 4.69) is 23.0 Å². The molecule has 1 amide bonds. The van der Waals surface area contributed by atoms with Gasteiger partial charge in [-0.1, -0.05) is 24.3 Å². The highest BCUT2D eigenvalue weighted by molar-refractivity contribution is 5.84. The maximum atomic E-state index is 13.4. The topological polar surface area (TPSA) is 52.6 Å². The number of aryl methyl sites for hydroxylation is 2. The SMILES string of the molecule is Cc1nc2c(c(N(C)C)n1)CCN(C(=O)[C@H](c1ccccc1C)N(C)C)C2. The van der Waals surface area contributed by atoms with Crippen molar-refractivity contribution in [3.63, 3.8) is 0 Å². The Bertz CT molecular complexity index is 846. The predicted molar refractivity (Wildman–Crippen MR) is 108 cm³/mol. The molecule has 0 unspecified atom stereocenters. The number of amides is 1. The van der Waals surface area contributed by atoms with Crippen LogP contribution >= 0.6 is 0 Å². The molecular formula is C21H29N5O. The zero-order valence-corrected chi connectivity index (χ0v) is 17.2. The summed E-state index contributed by atoms with van der Waals surface area (Å²) in [6.45, 7) is 5.19. The van der Waals surface area contributed by atoms with Crippen LogP contribution in [-0.4, -0.2) is 60.4 Å². The first kappa shape index (κ1) is 19.3. The lowest BCUT2D eigenvalue weighted by Crippen LogP contribution is -2.43. The average molecular weight is 367 g/mol. The largest absolute Gasteiger partial charge is 0.362 e. The van der Waals surface area contributed by atoms with Gasteiger partial charge in [0.1, 0.15) is 17.7 Å². The summed E-state index contributed by atoms with van der Waals surface area (Å²) >= 11 is 0. The Hall–Kier alpha value is -2.47. The molecular weight excluding hydrogens is 338 g/mol. The molecule has 0 radical (unpaired) electrons. The highest BCUT2D eigenvalue weighted by atomic mass is 16.2. The summed E-state index contributed by atoms with van der Waals surface area (Å²) in [6.07, 6.45) is 0.781. The Morgan fingerprint density at radius 2 is 1.81 bits per heavy atom. The van der Waals surface area contributed by atoms with E-state index in [1.807, 2.05) is 68.0 Å². The summed E-state index contributed by atoms with van der Waals surface area (Å²) in [6, 6.07) is 7.83. The van der Waals surface area contributed by atoms with E-state index in [9.17, 15) is 4.79 Å². The molecule has 2 heterocycles. The molecule has 0 spiro atoms. The number of benzene rings is 1. The number of carbonyl (C=O) groups is 1. The Balaban J connectivity index is 1.92. The van der Waals surface area contributed by atoms with Gasteiger partial charge in [-0.25, -0.2) is 9.97 Å². The fourth-order valence-corrected chi connectivity index (χ4v) is 3.79.